The molecule has 1 unspecified atom stereocenters. The third kappa shape index (κ3) is 4.77. The summed E-state index contributed by atoms with van der Waals surface area (Å²) in [5.74, 6) is -0.0701. The van der Waals surface area contributed by atoms with Crippen LogP contribution in [0.2, 0.25) is 0 Å². The predicted molar refractivity (Wildman–Crippen MR) is 126 cm³/mol. The molecule has 1 aliphatic rings. The topological polar surface area (TPSA) is 71.8 Å². The zero-order valence-corrected chi connectivity index (χ0v) is 19.1. The summed E-state index contributed by atoms with van der Waals surface area (Å²) in [4.78, 5) is 17.9. The van der Waals surface area contributed by atoms with Crippen LogP contribution in [-0.2, 0) is 0 Å². The van der Waals surface area contributed by atoms with Gasteiger partial charge in [-0.05, 0) is 51.8 Å². The summed E-state index contributed by atoms with van der Waals surface area (Å²) in [7, 11) is 0. The van der Waals surface area contributed by atoms with Gasteiger partial charge in [0.15, 0.2) is 5.65 Å². The number of aryl methyl sites for hydroxylation is 1. The van der Waals surface area contributed by atoms with Crippen molar-refractivity contribution < 1.29 is 4.79 Å². The van der Waals surface area contributed by atoms with Crippen LogP contribution in [0.15, 0.2) is 36.5 Å². The molecule has 0 bridgehead atoms. The van der Waals surface area contributed by atoms with Crippen molar-refractivity contribution in [3.05, 3.63) is 47.7 Å². The fourth-order valence-corrected chi connectivity index (χ4v) is 3.82. The lowest BCUT2D eigenvalue weighted by molar-refractivity contribution is 0.0952. The molecule has 2 aromatic heterocycles. The van der Waals surface area contributed by atoms with Crippen LogP contribution in [0.3, 0.4) is 0 Å². The number of nitrogens with one attached hydrogen (secondary N) is 2. The van der Waals surface area contributed by atoms with E-state index in [0.29, 0.717) is 18.2 Å². The molecule has 0 saturated carbocycles. The van der Waals surface area contributed by atoms with Crippen LogP contribution in [0.1, 0.15) is 48.7 Å². The maximum Gasteiger partial charge on any atom is 0.252 e. The van der Waals surface area contributed by atoms with Crippen molar-refractivity contribution in [2.24, 2.45) is 0 Å². The Morgan fingerprint density at radius 1 is 1.30 bits per heavy atom. The molecule has 30 heavy (non-hydrogen) atoms. The summed E-state index contributed by atoms with van der Waals surface area (Å²) in [5.41, 5.74) is 4.35. The van der Waals surface area contributed by atoms with Gasteiger partial charge in [-0.25, -0.2) is 9.67 Å². The van der Waals surface area contributed by atoms with Crippen molar-refractivity contribution in [2.75, 3.05) is 13.1 Å². The van der Waals surface area contributed by atoms with Gasteiger partial charge in [0.2, 0.25) is 0 Å². The second-order valence-electron chi connectivity index (χ2n) is 7.79. The van der Waals surface area contributed by atoms with Crippen molar-refractivity contribution in [1.29, 1.82) is 0 Å². The Labute approximate surface area is 189 Å². The Hall–Kier alpha value is -2.15. The van der Waals surface area contributed by atoms with E-state index in [1.165, 1.54) is 6.42 Å². The van der Waals surface area contributed by atoms with Crippen LogP contribution in [0.25, 0.3) is 22.3 Å². The van der Waals surface area contributed by atoms with Gasteiger partial charge in [-0.15, -0.1) is 24.8 Å². The number of rotatable bonds is 5. The van der Waals surface area contributed by atoms with Crippen LogP contribution in [0, 0.1) is 6.92 Å². The van der Waals surface area contributed by atoms with E-state index in [1.807, 2.05) is 28.9 Å². The van der Waals surface area contributed by atoms with Crippen molar-refractivity contribution in [1.82, 2.24) is 25.4 Å². The minimum atomic E-state index is -0.0701. The maximum absolute atomic E-state index is 13.1. The van der Waals surface area contributed by atoms with E-state index in [1.54, 1.807) is 6.20 Å². The first-order valence-corrected chi connectivity index (χ1v) is 10.0. The van der Waals surface area contributed by atoms with Crippen molar-refractivity contribution >= 4 is 41.8 Å². The van der Waals surface area contributed by atoms with E-state index in [4.69, 9.17) is 4.98 Å². The summed E-state index contributed by atoms with van der Waals surface area (Å²) in [5, 5.41) is 11.8. The zero-order valence-electron chi connectivity index (χ0n) is 17.5. The van der Waals surface area contributed by atoms with Gasteiger partial charge in [0.1, 0.15) is 0 Å². The molecule has 0 aliphatic carbocycles. The second kappa shape index (κ2) is 10.2. The van der Waals surface area contributed by atoms with Gasteiger partial charge >= 0.3 is 0 Å². The average molecular weight is 450 g/mol. The fourth-order valence-electron chi connectivity index (χ4n) is 3.82. The van der Waals surface area contributed by atoms with Crippen molar-refractivity contribution in [3.63, 3.8) is 0 Å². The third-order valence-corrected chi connectivity index (χ3v) is 5.39. The molecule has 1 amide bonds. The van der Waals surface area contributed by atoms with Gasteiger partial charge in [0.25, 0.3) is 5.91 Å². The molecule has 0 spiro atoms. The third-order valence-electron chi connectivity index (χ3n) is 5.39. The van der Waals surface area contributed by atoms with Gasteiger partial charge in [0, 0.05) is 24.2 Å². The number of amides is 1. The highest BCUT2D eigenvalue weighted by Gasteiger charge is 2.20. The molecule has 1 atom stereocenters. The van der Waals surface area contributed by atoms with Gasteiger partial charge in [-0.2, -0.15) is 5.10 Å². The number of benzene rings is 1. The van der Waals surface area contributed by atoms with Crippen molar-refractivity contribution in [2.45, 2.75) is 45.7 Å². The number of hydrogen-bond donors (Lipinski definition) is 2. The molecule has 1 aromatic carbocycles. The lowest BCUT2D eigenvalue weighted by atomic mass is 10.0. The average Bonchev–Trinajstić information content (AvgIpc) is 3.35. The molecule has 2 N–H and O–H groups in total. The zero-order chi connectivity index (χ0) is 19.7. The number of nitrogens with zero attached hydrogens (tertiary/aromatic N) is 3. The Morgan fingerprint density at radius 2 is 2.07 bits per heavy atom. The molecule has 1 aliphatic heterocycles. The largest absolute Gasteiger partial charge is 0.350 e. The molecule has 162 valence electrons. The lowest BCUT2D eigenvalue weighted by Gasteiger charge is -2.14. The number of aromatic nitrogens is 3. The first kappa shape index (κ1) is 24.1. The molecule has 6 nitrogen and oxygen atoms in total. The highest BCUT2D eigenvalue weighted by Crippen LogP contribution is 2.28. The smallest absolute Gasteiger partial charge is 0.252 e. The molecular formula is C22H29Cl2N5O. The lowest BCUT2D eigenvalue weighted by Crippen LogP contribution is -2.37. The molecular weight excluding hydrogens is 421 g/mol. The first-order chi connectivity index (χ1) is 13.5. The summed E-state index contributed by atoms with van der Waals surface area (Å²) < 4.78 is 1.88. The summed E-state index contributed by atoms with van der Waals surface area (Å²) in [6.45, 7) is 7.87. The molecule has 8 heteroatoms. The molecule has 3 aromatic rings. The van der Waals surface area contributed by atoms with Crippen LogP contribution in [-0.4, -0.2) is 39.8 Å². The van der Waals surface area contributed by atoms with E-state index < -0.39 is 0 Å². The highest BCUT2D eigenvalue weighted by molar-refractivity contribution is 6.06. The molecule has 4 rings (SSSR count). The number of pyridine rings is 1. The van der Waals surface area contributed by atoms with Crippen molar-refractivity contribution in [3.8, 4) is 11.3 Å². The number of halogens is 2. The number of hydrogen-bond acceptors (Lipinski definition) is 4. The summed E-state index contributed by atoms with van der Waals surface area (Å²) in [6.07, 6.45) is 4.02. The number of carbonyl (C=O) groups excluding carboxylic acids is 1. The van der Waals surface area contributed by atoms with E-state index in [-0.39, 0.29) is 36.8 Å². The monoisotopic (exact) mass is 449 g/mol. The maximum atomic E-state index is 13.1. The summed E-state index contributed by atoms with van der Waals surface area (Å²) >= 11 is 0. The van der Waals surface area contributed by atoms with Gasteiger partial charge in [-0.3, -0.25) is 4.79 Å². The Morgan fingerprint density at radius 3 is 2.73 bits per heavy atom. The van der Waals surface area contributed by atoms with E-state index >= 15 is 0 Å². The molecule has 1 saturated heterocycles. The van der Waals surface area contributed by atoms with Crippen LogP contribution < -0.4 is 10.6 Å². The Balaban J connectivity index is 0.00000160. The van der Waals surface area contributed by atoms with E-state index in [2.05, 4.69) is 42.6 Å². The van der Waals surface area contributed by atoms with Crippen LogP contribution in [0.5, 0.6) is 0 Å². The number of fused-ring (bicyclic) bond motifs is 1. The molecule has 0 radical (unpaired) electrons. The Kier molecular flexibility index (Phi) is 8.24. The minimum absolute atomic E-state index is 0. The van der Waals surface area contributed by atoms with E-state index in [0.717, 1.165) is 40.8 Å². The van der Waals surface area contributed by atoms with Crippen LogP contribution in [0.4, 0.5) is 0 Å². The SMILES string of the molecule is Cc1ccccc1-c1cc(C(=O)NCC2CCCN2)c2cnn(C(C)C)c2n1.Cl.Cl. The number of carbonyl (C=O) groups is 1. The standard InChI is InChI=1S/C22H27N5O.2ClH/c1-14(2)27-21-19(13-25-27)18(22(28)24-12-16-8-6-10-23-16)11-20(26-21)17-9-5-4-7-15(17)3;;/h4-5,7,9,11,13-14,16,23H,6,8,10,12H2,1-3H3,(H,24,28);2*1H. The Bertz CT molecular complexity index is 1010. The van der Waals surface area contributed by atoms with E-state index in [9.17, 15) is 4.79 Å². The van der Waals surface area contributed by atoms with Gasteiger partial charge in [-0.1, -0.05) is 24.3 Å². The quantitative estimate of drug-likeness (QED) is 0.608. The normalized spacial score (nSPS) is 15.7. The first-order valence-electron chi connectivity index (χ1n) is 10.0. The minimum Gasteiger partial charge on any atom is -0.350 e. The van der Waals surface area contributed by atoms with Gasteiger partial charge < -0.3 is 10.6 Å². The molecule has 3 heterocycles. The van der Waals surface area contributed by atoms with Crippen LogP contribution >= 0.6 is 24.8 Å². The second-order valence-corrected chi connectivity index (χ2v) is 7.79. The molecule has 1 fully saturated rings. The predicted octanol–water partition coefficient (Wildman–Crippen LogP) is 4.31. The summed E-state index contributed by atoms with van der Waals surface area (Å²) in [6, 6.07) is 10.5. The van der Waals surface area contributed by atoms with Gasteiger partial charge in [0.05, 0.1) is 22.8 Å². The highest BCUT2D eigenvalue weighted by atomic mass is 35.5. The fraction of sp³-hybridized carbons (Fsp3) is 0.409.